The highest BCUT2D eigenvalue weighted by Crippen LogP contribution is 2.37. The zero-order valence-electron chi connectivity index (χ0n) is 14.3. The van der Waals surface area contributed by atoms with Gasteiger partial charge in [-0.2, -0.15) is 18.2 Å². The smallest absolute Gasteiger partial charge is 0.312 e. The van der Waals surface area contributed by atoms with Crippen LogP contribution in [0.4, 0.5) is 19.0 Å². The average molecular weight is 395 g/mol. The number of thioether (sulfide) groups is 1. The van der Waals surface area contributed by atoms with E-state index in [-0.39, 0.29) is 17.9 Å². The Balaban J connectivity index is 2.08. The number of carbonyl (C=O) groups excluding carboxylic acids is 1. The molecule has 1 aliphatic heterocycles. The van der Waals surface area contributed by atoms with Crippen molar-refractivity contribution in [1.82, 2.24) is 9.55 Å². The van der Waals surface area contributed by atoms with Gasteiger partial charge in [-0.05, 0) is 17.7 Å². The molecule has 0 radical (unpaired) electrons. The molecule has 0 spiro atoms. The molecule has 1 atom stereocenters. The number of nitrogens with one attached hydrogen (secondary N) is 1. The van der Waals surface area contributed by atoms with Crippen LogP contribution in [0.1, 0.15) is 29.0 Å². The number of halogens is 3. The molecule has 27 heavy (non-hydrogen) atoms. The number of rotatable bonds is 4. The normalized spacial score (nSPS) is 16.6. The lowest BCUT2D eigenvalue weighted by molar-refractivity contribution is -0.137. The zero-order chi connectivity index (χ0) is 19.8. The molecule has 1 aromatic heterocycles. The van der Waals surface area contributed by atoms with Crippen molar-refractivity contribution >= 4 is 23.5 Å². The molecule has 2 heterocycles. The number of benzene rings is 1. The molecule has 0 aliphatic carbocycles. The second-order valence-electron chi connectivity index (χ2n) is 6.05. The van der Waals surface area contributed by atoms with Gasteiger partial charge in [0.05, 0.1) is 11.1 Å². The SMILES string of the molecule is C=CCSc1nc(=O)c2c(n1C)NC(=O)CC2c1ccc(C(F)(F)F)cc1. The van der Waals surface area contributed by atoms with Crippen LogP contribution < -0.4 is 10.9 Å². The topological polar surface area (TPSA) is 64.0 Å². The van der Waals surface area contributed by atoms with E-state index in [1.54, 1.807) is 17.7 Å². The first kappa shape index (κ1) is 19.2. The van der Waals surface area contributed by atoms with E-state index in [1.165, 1.54) is 23.9 Å². The van der Waals surface area contributed by atoms with Gasteiger partial charge in [-0.1, -0.05) is 30.0 Å². The lowest BCUT2D eigenvalue weighted by Gasteiger charge is -2.27. The second kappa shape index (κ2) is 7.22. The van der Waals surface area contributed by atoms with Crippen molar-refractivity contribution in [1.29, 1.82) is 0 Å². The Morgan fingerprint density at radius 2 is 2.00 bits per heavy atom. The minimum absolute atomic E-state index is 0.0333. The van der Waals surface area contributed by atoms with Crippen LogP contribution >= 0.6 is 11.8 Å². The fourth-order valence-electron chi connectivity index (χ4n) is 2.99. The quantitative estimate of drug-likeness (QED) is 0.489. The number of alkyl halides is 3. The average Bonchev–Trinajstić information content (AvgIpc) is 2.62. The molecule has 9 heteroatoms. The summed E-state index contributed by atoms with van der Waals surface area (Å²) < 4.78 is 40.0. The Bertz CT molecular complexity index is 952. The van der Waals surface area contributed by atoms with Gasteiger partial charge in [0.1, 0.15) is 5.82 Å². The summed E-state index contributed by atoms with van der Waals surface area (Å²) in [4.78, 5) is 28.9. The minimum Gasteiger partial charge on any atom is -0.312 e. The molecule has 5 nitrogen and oxygen atoms in total. The number of amides is 1. The van der Waals surface area contributed by atoms with Gasteiger partial charge < -0.3 is 9.88 Å². The minimum atomic E-state index is -4.45. The van der Waals surface area contributed by atoms with Crippen molar-refractivity contribution in [3.63, 3.8) is 0 Å². The van der Waals surface area contributed by atoms with Crippen LogP contribution in [0, 0.1) is 0 Å². The molecule has 0 saturated heterocycles. The Labute approximate surface area is 157 Å². The number of anilines is 1. The summed E-state index contributed by atoms with van der Waals surface area (Å²) in [5.41, 5.74) is -0.544. The number of nitrogens with zero attached hydrogens (tertiary/aromatic N) is 2. The molecule has 0 fully saturated rings. The van der Waals surface area contributed by atoms with Crippen LogP contribution in [-0.2, 0) is 18.0 Å². The highest BCUT2D eigenvalue weighted by Gasteiger charge is 2.34. The maximum atomic E-state index is 12.8. The maximum absolute atomic E-state index is 12.8. The van der Waals surface area contributed by atoms with E-state index < -0.39 is 23.2 Å². The van der Waals surface area contributed by atoms with Gasteiger partial charge in [0.2, 0.25) is 5.91 Å². The standard InChI is InChI=1S/C18H16F3N3O2S/c1-3-8-27-17-23-16(26)14-12(9-13(25)22-15(14)24(17)2)10-4-6-11(7-5-10)18(19,20)21/h3-7,12H,1,8-9H2,2H3,(H,22,25). The summed E-state index contributed by atoms with van der Waals surface area (Å²) in [6, 6.07) is 4.51. The molecule has 0 saturated carbocycles. The maximum Gasteiger partial charge on any atom is 0.416 e. The van der Waals surface area contributed by atoms with Gasteiger partial charge in [-0.25, -0.2) is 0 Å². The molecule has 1 N–H and O–H groups in total. The summed E-state index contributed by atoms with van der Waals surface area (Å²) in [6.45, 7) is 3.62. The molecule has 2 aromatic rings. The van der Waals surface area contributed by atoms with Crippen LogP contribution in [0.25, 0.3) is 0 Å². The van der Waals surface area contributed by atoms with Gasteiger partial charge in [-0.15, -0.1) is 6.58 Å². The molecule has 1 aliphatic rings. The molecular weight excluding hydrogens is 379 g/mol. The third-order valence-corrected chi connectivity index (χ3v) is 5.30. The number of hydrogen-bond donors (Lipinski definition) is 1. The molecular formula is C18H16F3N3O2S. The van der Waals surface area contributed by atoms with E-state index in [4.69, 9.17) is 0 Å². The highest BCUT2D eigenvalue weighted by molar-refractivity contribution is 7.99. The van der Waals surface area contributed by atoms with Gasteiger partial charge in [0, 0.05) is 25.1 Å². The van der Waals surface area contributed by atoms with Crippen LogP contribution in [0.5, 0.6) is 0 Å². The van der Waals surface area contributed by atoms with Crippen molar-refractivity contribution in [3.05, 3.63) is 64.0 Å². The van der Waals surface area contributed by atoms with Gasteiger partial charge in [-0.3, -0.25) is 9.59 Å². The third-order valence-electron chi connectivity index (χ3n) is 4.27. The van der Waals surface area contributed by atoms with E-state index in [0.717, 1.165) is 12.1 Å². The van der Waals surface area contributed by atoms with Crippen molar-refractivity contribution in [2.24, 2.45) is 7.05 Å². The van der Waals surface area contributed by atoms with Crippen molar-refractivity contribution in [2.45, 2.75) is 23.7 Å². The van der Waals surface area contributed by atoms with Crippen molar-refractivity contribution in [3.8, 4) is 0 Å². The summed E-state index contributed by atoms with van der Waals surface area (Å²) in [7, 11) is 1.67. The summed E-state index contributed by atoms with van der Waals surface area (Å²) in [5.74, 6) is -0.105. The largest absolute Gasteiger partial charge is 0.416 e. The monoisotopic (exact) mass is 395 g/mol. The Morgan fingerprint density at radius 3 is 2.59 bits per heavy atom. The van der Waals surface area contributed by atoms with Crippen LogP contribution in [-0.4, -0.2) is 21.2 Å². The number of fused-ring (bicyclic) bond motifs is 1. The molecule has 1 aromatic carbocycles. The van der Waals surface area contributed by atoms with E-state index >= 15 is 0 Å². The number of carbonyl (C=O) groups is 1. The first-order valence-corrected chi connectivity index (χ1v) is 9.02. The van der Waals surface area contributed by atoms with Crippen LogP contribution in [0.15, 0.2) is 46.9 Å². The van der Waals surface area contributed by atoms with Gasteiger partial charge >= 0.3 is 6.18 Å². The third kappa shape index (κ3) is 3.78. The lowest BCUT2D eigenvalue weighted by atomic mass is 9.86. The predicted molar refractivity (Wildman–Crippen MR) is 96.9 cm³/mol. The lowest BCUT2D eigenvalue weighted by Crippen LogP contribution is -2.33. The molecule has 142 valence electrons. The molecule has 0 bridgehead atoms. The van der Waals surface area contributed by atoms with Crippen molar-refractivity contribution in [2.75, 3.05) is 11.1 Å². The molecule has 1 amide bonds. The fraction of sp³-hybridized carbons (Fsp3) is 0.278. The summed E-state index contributed by atoms with van der Waals surface area (Å²) >= 11 is 1.29. The first-order chi connectivity index (χ1) is 12.7. The first-order valence-electron chi connectivity index (χ1n) is 8.04. The van der Waals surface area contributed by atoms with E-state index in [9.17, 15) is 22.8 Å². The van der Waals surface area contributed by atoms with E-state index in [1.807, 2.05) is 0 Å². The summed E-state index contributed by atoms with van der Waals surface area (Å²) in [5, 5.41) is 3.11. The zero-order valence-corrected chi connectivity index (χ0v) is 15.2. The number of aromatic nitrogens is 2. The second-order valence-corrected chi connectivity index (χ2v) is 7.03. The highest BCUT2D eigenvalue weighted by atomic mass is 32.2. The van der Waals surface area contributed by atoms with Gasteiger partial charge in [0.15, 0.2) is 5.16 Å². The number of hydrogen-bond acceptors (Lipinski definition) is 4. The van der Waals surface area contributed by atoms with Crippen LogP contribution in [0.2, 0.25) is 0 Å². The Kier molecular flexibility index (Phi) is 5.14. The Hall–Kier alpha value is -2.55. The van der Waals surface area contributed by atoms with Gasteiger partial charge in [0.25, 0.3) is 5.56 Å². The summed E-state index contributed by atoms with van der Waals surface area (Å²) in [6.07, 6.45) is -2.82. The molecule has 1 unspecified atom stereocenters. The molecule has 3 rings (SSSR count). The van der Waals surface area contributed by atoms with E-state index in [2.05, 4.69) is 16.9 Å². The fourth-order valence-corrected chi connectivity index (χ4v) is 3.69. The van der Waals surface area contributed by atoms with Crippen LogP contribution in [0.3, 0.4) is 0 Å². The van der Waals surface area contributed by atoms with E-state index in [0.29, 0.717) is 22.3 Å². The van der Waals surface area contributed by atoms with Crippen molar-refractivity contribution < 1.29 is 18.0 Å². The predicted octanol–water partition coefficient (Wildman–Crippen LogP) is 3.55. The Morgan fingerprint density at radius 1 is 1.33 bits per heavy atom.